The van der Waals surface area contributed by atoms with E-state index in [0.717, 1.165) is 0 Å². The quantitative estimate of drug-likeness (QED) is 0.317. The van der Waals surface area contributed by atoms with E-state index in [1.54, 1.807) is 11.4 Å². The maximum absolute atomic E-state index is 7.90. The predicted octanol–water partition coefficient (Wildman–Crippen LogP) is -0.245. The summed E-state index contributed by atoms with van der Waals surface area (Å²) in [4.78, 5) is 0. The third-order valence-electron chi connectivity index (χ3n) is 0.374. The first-order valence-corrected chi connectivity index (χ1v) is 3.18. The zero-order chi connectivity index (χ0) is 5.70. The van der Waals surface area contributed by atoms with Crippen LogP contribution in [0.1, 0.15) is 0 Å². The zero-order valence-corrected chi connectivity index (χ0v) is 4.57. The van der Waals surface area contributed by atoms with Gasteiger partial charge in [0.1, 0.15) is 11.4 Å². The van der Waals surface area contributed by atoms with Crippen LogP contribution in [0.25, 0.3) is 4.51 Å². The van der Waals surface area contributed by atoms with Gasteiger partial charge in [-0.15, -0.1) is 0 Å². The molecule has 0 N–H and O–H groups in total. The molecule has 0 aliphatic carbocycles. The van der Waals surface area contributed by atoms with E-state index in [4.69, 9.17) is 17.1 Å². The SMILES string of the molecule is [C-]#[N+][SiH](C#N)C#N. The van der Waals surface area contributed by atoms with Crippen molar-refractivity contribution in [3.8, 4) is 11.4 Å². The molecule has 0 unspecified atom stereocenters. The third kappa shape index (κ3) is 1.54. The van der Waals surface area contributed by atoms with Gasteiger partial charge < -0.3 is 4.51 Å². The van der Waals surface area contributed by atoms with Gasteiger partial charge in [0.2, 0.25) is 0 Å². The van der Waals surface area contributed by atoms with Gasteiger partial charge in [-0.05, 0) is 0 Å². The zero-order valence-electron chi connectivity index (χ0n) is 3.42. The number of hydrogen-bond acceptors (Lipinski definition) is 2. The molecule has 32 valence electrons. The highest BCUT2D eigenvalue weighted by molar-refractivity contribution is 6.77. The van der Waals surface area contributed by atoms with Gasteiger partial charge in [-0.3, -0.25) is 6.57 Å². The van der Waals surface area contributed by atoms with E-state index in [2.05, 4.69) is 4.51 Å². The molecule has 0 fully saturated rings. The van der Waals surface area contributed by atoms with Crippen LogP contribution in [0, 0.1) is 28.5 Å². The lowest BCUT2D eigenvalue weighted by molar-refractivity contribution is 1.54. The van der Waals surface area contributed by atoms with E-state index >= 15 is 0 Å². The molecule has 0 bridgehead atoms. The monoisotopic (exact) mass is 107 g/mol. The molecule has 0 atom stereocenters. The average Bonchev–Trinajstić information content (AvgIpc) is 1.72. The van der Waals surface area contributed by atoms with Crippen molar-refractivity contribution in [1.29, 1.82) is 10.5 Å². The second-order valence-electron chi connectivity index (χ2n) is 0.790. The third-order valence-corrected chi connectivity index (χ3v) is 1.12. The summed E-state index contributed by atoms with van der Waals surface area (Å²) in [7, 11) is -2.27. The van der Waals surface area contributed by atoms with Gasteiger partial charge in [-0.1, -0.05) is 0 Å². The molecule has 0 saturated carbocycles. The van der Waals surface area contributed by atoms with Crippen molar-refractivity contribution in [3.63, 3.8) is 0 Å². The Hall–Kier alpha value is -1.31. The van der Waals surface area contributed by atoms with Crippen LogP contribution in [0.15, 0.2) is 0 Å². The lowest BCUT2D eigenvalue weighted by atomic mass is 11.7. The van der Waals surface area contributed by atoms with Crippen molar-refractivity contribution < 1.29 is 0 Å². The maximum atomic E-state index is 7.90. The van der Waals surface area contributed by atoms with Crippen molar-refractivity contribution in [2.45, 2.75) is 0 Å². The van der Waals surface area contributed by atoms with Crippen molar-refractivity contribution in [2.75, 3.05) is 0 Å². The second kappa shape index (κ2) is 2.90. The summed E-state index contributed by atoms with van der Waals surface area (Å²) in [5, 5.41) is 15.8. The Kier molecular flexibility index (Phi) is 2.36. The number of hydrogen-bond donors (Lipinski definition) is 0. The molecule has 3 nitrogen and oxygen atoms in total. The largest absolute Gasteiger partial charge is 0.643 e. The van der Waals surface area contributed by atoms with Crippen LogP contribution in [0.2, 0.25) is 0 Å². The normalized spacial score (nSPS) is 6.00. The smallest absolute Gasteiger partial charge is 0.389 e. The maximum Gasteiger partial charge on any atom is 0.643 e. The van der Waals surface area contributed by atoms with E-state index in [0.29, 0.717) is 0 Å². The highest BCUT2D eigenvalue weighted by Gasteiger charge is 2.14. The average molecular weight is 107 g/mol. The Balaban J connectivity index is 3.82. The molecule has 0 spiro atoms. The summed E-state index contributed by atoms with van der Waals surface area (Å²) >= 11 is 0. The summed E-state index contributed by atoms with van der Waals surface area (Å²) in [6.45, 7) is 6.20. The second-order valence-corrected chi connectivity index (χ2v) is 2.37. The molecule has 0 amide bonds. The summed E-state index contributed by atoms with van der Waals surface area (Å²) in [5.74, 6) is 0. The molecule has 0 aromatic rings. The van der Waals surface area contributed by atoms with Crippen LogP contribution in [-0.4, -0.2) is 8.96 Å². The number of rotatable bonds is 0. The van der Waals surface area contributed by atoms with Crippen molar-refractivity contribution in [1.82, 2.24) is 0 Å². The molecule has 4 heteroatoms. The topological polar surface area (TPSA) is 51.9 Å². The molecule has 0 heterocycles. The molecule has 0 aromatic carbocycles. The standard InChI is InChI=1S/C3HN3Si/c1-6-7(2-4)3-5/h7H. The van der Waals surface area contributed by atoms with Gasteiger partial charge in [-0.2, -0.15) is 10.5 Å². The lowest BCUT2D eigenvalue weighted by Crippen LogP contribution is -1.97. The van der Waals surface area contributed by atoms with Gasteiger partial charge in [0.05, 0.1) is 0 Å². The Morgan fingerprint density at radius 3 is 1.86 bits per heavy atom. The van der Waals surface area contributed by atoms with Crippen LogP contribution < -0.4 is 0 Å². The highest BCUT2D eigenvalue weighted by Crippen LogP contribution is 1.73. The van der Waals surface area contributed by atoms with Crippen LogP contribution in [0.4, 0.5) is 0 Å². The van der Waals surface area contributed by atoms with Crippen molar-refractivity contribution >= 4 is 8.96 Å². The molecule has 7 heavy (non-hydrogen) atoms. The molecule has 0 radical (unpaired) electrons. The van der Waals surface area contributed by atoms with Crippen LogP contribution in [-0.2, 0) is 0 Å². The minimum Gasteiger partial charge on any atom is -0.389 e. The summed E-state index contributed by atoms with van der Waals surface area (Å²) in [5.41, 5.74) is 3.25. The first-order chi connectivity index (χ1) is 3.35. The minimum absolute atomic E-state index is 1.62. The predicted molar refractivity (Wildman–Crippen MR) is 25.0 cm³/mol. The number of nitrogens with zero attached hydrogens (tertiary/aromatic N) is 3. The van der Waals surface area contributed by atoms with E-state index < -0.39 is 8.96 Å². The van der Waals surface area contributed by atoms with Crippen molar-refractivity contribution in [2.24, 2.45) is 0 Å². The van der Waals surface area contributed by atoms with Gasteiger partial charge in [0.15, 0.2) is 0 Å². The van der Waals surface area contributed by atoms with Crippen LogP contribution in [0.5, 0.6) is 0 Å². The highest BCUT2D eigenvalue weighted by atomic mass is 28.3. The minimum atomic E-state index is -2.27. The van der Waals surface area contributed by atoms with E-state index in [1.807, 2.05) is 0 Å². The Morgan fingerprint density at radius 2 is 1.86 bits per heavy atom. The Bertz CT molecular complexity index is 133. The summed E-state index contributed by atoms with van der Waals surface area (Å²) in [6.07, 6.45) is 0. The van der Waals surface area contributed by atoms with E-state index in [9.17, 15) is 0 Å². The molecular formula is C3HN3Si. The van der Waals surface area contributed by atoms with Gasteiger partial charge >= 0.3 is 8.96 Å². The molecule has 0 aliphatic rings. The van der Waals surface area contributed by atoms with Crippen LogP contribution in [0.3, 0.4) is 0 Å². The Labute approximate surface area is 42.9 Å². The molecule has 0 aliphatic heterocycles. The first kappa shape index (κ1) is 5.69. The van der Waals surface area contributed by atoms with E-state index in [-0.39, 0.29) is 0 Å². The lowest BCUT2D eigenvalue weighted by Gasteiger charge is -1.64. The van der Waals surface area contributed by atoms with Gasteiger partial charge in [-0.25, -0.2) is 0 Å². The summed E-state index contributed by atoms with van der Waals surface area (Å²) in [6, 6.07) is 0. The first-order valence-electron chi connectivity index (χ1n) is 1.51. The Morgan fingerprint density at radius 1 is 1.43 bits per heavy atom. The fraction of sp³-hybridized carbons (Fsp3) is 0. The molecular weight excluding hydrogens is 106 g/mol. The fourth-order valence-corrected chi connectivity index (χ4v) is 0.260. The summed E-state index contributed by atoms with van der Waals surface area (Å²) < 4.78 is 2.79. The van der Waals surface area contributed by atoms with Gasteiger partial charge in [0, 0.05) is 0 Å². The van der Waals surface area contributed by atoms with E-state index in [1.165, 1.54) is 0 Å². The molecule has 0 aromatic heterocycles. The van der Waals surface area contributed by atoms with Crippen molar-refractivity contribution in [3.05, 3.63) is 11.1 Å². The molecule has 0 rings (SSSR count). The fourth-order valence-electron chi connectivity index (χ4n) is 0.0866. The van der Waals surface area contributed by atoms with Gasteiger partial charge in [0.25, 0.3) is 0 Å². The number of nitriles is 2. The molecule has 0 saturated heterocycles. The van der Waals surface area contributed by atoms with Crippen LogP contribution >= 0.6 is 0 Å².